The van der Waals surface area contributed by atoms with E-state index in [1.54, 1.807) is 24.8 Å². The lowest BCUT2D eigenvalue weighted by Gasteiger charge is -2.40. The van der Waals surface area contributed by atoms with Crippen LogP contribution in [0.15, 0.2) is 36.4 Å². The van der Waals surface area contributed by atoms with Crippen molar-refractivity contribution in [1.82, 2.24) is 18.9 Å². The number of rotatable bonds is 10. The van der Waals surface area contributed by atoms with Gasteiger partial charge in [-0.2, -0.15) is 5.10 Å². The first-order valence-electron chi connectivity index (χ1n) is 17.9. The molecule has 2 N–H and O–H groups in total. The number of aromatic carboxylic acids is 1. The van der Waals surface area contributed by atoms with Crippen LogP contribution >= 0.6 is 23.2 Å². The van der Waals surface area contributed by atoms with E-state index in [1.807, 2.05) is 74.7 Å². The summed E-state index contributed by atoms with van der Waals surface area (Å²) in [4.78, 5) is 14.3. The largest absolute Gasteiger partial charge is 0.494 e. The third kappa shape index (κ3) is 5.84. The Morgan fingerprint density at radius 3 is 2.28 bits per heavy atom. The summed E-state index contributed by atoms with van der Waals surface area (Å²) in [5.41, 5.74) is 9.56. The number of anilines is 1. The molecule has 3 aromatic heterocycles. The zero-order valence-corrected chi connectivity index (χ0v) is 33.5. The molecule has 0 bridgehead atoms. The van der Waals surface area contributed by atoms with Crippen LogP contribution in [0.25, 0.3) is 32.9 Å². The molecule has 0 amide bonds. The number of methoxy groups -OCH3 is 2. The van der Waals surface area contributed by atoms with E-state index in [1.165, 1.54) is 7.11 Å². The van der Waals surface area contributed by atoms with E-state index >= 15 is 0 Å². The van der Waals surface area contributed by atoms with Gasteiger partial charge in [-0.1, -0.05) is 29.3 Å². The number of aliphatic hydroxyl groups is 1. The standard InChI is InChI=1S/C41H45Cl2N5O6/c1-20-15-25(16-21(2)35(20)43)54-14-10-11-26-27-12-13-29(42)34(33-23(4)44-46(7)24(33)5)37(27)48-22(3)19-47(40(49)38(26)48)30-18-32(52-8)39(53-9)28-17-31(41(50)51)45(6)36(28)30/h12-13,15-18,22,40,49H,10-11,14,19H2,1-9H3,(H,50,51)/t22-,40?/m1/s1. The molecule has 3 aromatic carbocycles. The van der Waals surface area contributed by atoms with Crippen LogP contribution in [-0.4, -0.2) is 62.5 Å². The van der Waals surface area contributed by atoms with Gasteiger partial charge in [0.05, 0.1) is 54.0 Å². The highest BCUT2D eigenvalue weighted by molar-refractivity contribution is 6.35. The molecule has 13 heteroatoms. The van der Waals surface area contributed by atoms with Crippen molar-refractivity contribution in [1.29, 1.82) is 0 Å². The number of benzene rings is 3. The number of carboxylic acid groups (broad SMARTS) is 1. The number of aliphatic hydroxyl groups excluding tert-OH is 1. The summed E-state index contributed by atoms with van der Waals surface area (Å²) in [6, 6.07) is 11.1. The molecule has 0 saturated carbocycles. The minimum Gasteiger partial charge on any atom is -0.494 e. The zero-order valence-electron chi connectivity index (χ0n) is 32.0. The van der Waals surface area contributed by atoms with E-state index in [0.717, 1.165) is 66.6 Å². The summed E-state index contributed by atoms with van der Waals surface area (Å²) in [5, 5.41) is 30.4. The summed E-state index contributed by atoms with van der Waals surface area (Å²) in [6.45, 7) is 10.9. The molecule has 0 radical (unpaired) electrons. The molecule has 11 nitrogen and oxygen atoms in total. The third-order valence-electron chi connectivity index (χ3n) is 10.9. The molecule has 6 aromatic rings. The van der Waals surface area contributed by atoms with Crippen molar-refractivity contribution in [2.75, 3.05) is 32.3 Å². The minimum absolute atomic E-state index is 0.0831. The van der Waals surface area contributed by atoms with Gasteiger partial charge < -0.3 is 38.5 Å². The van der Waals surface area contributed by atoms with Crippen molar-refractivity contribution in [2.45, 2.75) is 59.7 Å². The van der Waals surface area contributed by atoms with Crippen LogP contribution in [0, 0.1) is 27.7 Å². The van der Waals surface area contributed by atoms with Gasteiger partial charge in [0.15, 0.2) is 17.7 Å². The number of aryl methyl sites for hydroxylation is 6. The summed E-state index contributed by atoms with van der Waals surface area (Å²) < 4.78 is 23.5. The van der Waals surface area contributed by atoms with E-state index in [-0.39, 0.29) is 11.7 Å². The first-order valence-corrected chi connectivity index (χ1v) is 18.6. The van der Waals surface area contributed by atoms with E-state index < -0.39 is 12.2 Å². The first kappa shape index (κ1) is 37.5. The van der Waals surface area contributed by atoms with Gasteiger partial charge in [-0.05, 0) is 88.4 Å². The number of halogens is 2. The molecule has 7 rings (SSSR count). The predicted octanol–water partition coefficient (Wildman–Crippen LogP) is 8.87. The Balaban J connectivity index is 1.42. The van der Waals surface area contributed by atoms with Crippen molar-refractivity contribution in [3.63, 3.8) is 0 Å². The molecular formula is C41H45Cl2N5O6. The number of nitrogens with zero attached hydrogens (tertiary/aromatic N) is 5. The number of carbonyl (C=O) groups is 1. The highest BCUT2D eigenvalue weighted by Gasteiger charge is 2.38. The maximum Gasteiger partial charge on any atom is 0.352 e. The second-order valence-electron chi connectivity index (χ2n) is 14.2. The monoisotopic (exact) mass is 773 g/mol. The maximum atomic E-state index is 12.7. The van der Waals surface area contributed by atoms with Crippen LogP contribution < -0.4 is 19.1 Å². The van der Waals surface area contributed by atoms with Gasteiger partial charge in [0.1, 0.15) is 11.4 Å². The topological polar surface area (TPSA) is 116 Å². The van der Waals surface area contributed by atoms with E-state index in [0.29, 0.717) is 59.1 Å². The summed E-state index contributed by atoms with van der Waals surface area (Å²) in [7, 11) is 6.71. The van der Waals surface area contributed by atoms with E-state index in [9.17, 15) is 15.0 Å². The average molecular weight is 775 g/mol. The smallest absolute Gasteiger partial charge is 0.352 e. The van der Waals surface area contributed by atoms with Crippen molar-refractivity contribution in [3.8, 4) is 28.4 Å². The van der Waals surface area contributed by atoms with E-state index in [4.69, 9.17) is 42.5 Å². The number of aromatic nitrogens is 4. The Labute approximate surface area is 324 Å². The molecule has 1 unspecified atom stereocenters. The number of hydrogen-bond acceptors (Lipinski definition) is 7. The Morgan fingerprint density at radius 2 is 1.67 bits per heavy atom. The Bertz CT molecular complexity index is 2460. The molecular weight excluding hydrogens is 729 g/mol. The maximum absolute atomic E-state index is 12.7. The molecule has 0 spiro atoms. The quantitative estimate of drug-likeness (QED) is 0.133. The molecule has 1 aliphatic rings. The fourth-order valence-corrected chi connectivity index (χ4v) is 8.73. The van der Waals surface area contributed by atoms with Gasteiger partial charge in [-0.15, -0.1) is 0 Å². The molecule has 54 heavy (non-hydrogen) atoms. The molecule has 0 aliphatic carbocycles. The third-order valence-corrected chi connectivity index (χ3v) is 11.8. The van der Waals surface area contributed by atoms with Crippen molar-refractivity contribution >= 4 is 56.7 Å². The Kier molecular flexibility index (Phi) is 9.78. The van der Waals surface area contributed by atoms with Crippen LogP contribution in [0.1, 0.15) is 69.9 Å². The molecule has 2 atom stereocenters. The van der Waals surface area contributed by atoms with Gasteiger partial charge in [-0.25, -0.2) is 4.79 Å². The number of hydrogen-bond donors (Lipinski definition) is 2. The summed E-state index contributed by atoms with van der Waals surface area (Å²) in [5.74, 6) is 0.527. The van der Waals surface area contributed by atoms with Gasteiger partial charge in [0.25, 0.3) is 0 Å². The van der Waals surface area contributed by atoms with Crippen LogP contribution in [0.2, 0.25) is 10.0 Å². The van der Waals surface area contributed by atoms with Crippen molar-refractivity contribution < 1.29 is 29.2 Å². The van der Waals surface area contributed by atoms with Crippen LogP contribution in [0.5, 0.6) is 17.2 Å². The first-order chi connectivity index (χ1) is 25.7. The second kappa shape index (κ2) is 14.1. The van der Waals surface area contributed by atoms with Crippen LogP contribution in [0.3, 0.4) is 0 Å². The molecule has 284 valence electrons. The zero-order chi connectivity index (χ0) is 38.9. The van der Waals surface area contributed by atoms with Crippen molar-refractivity contribution in [3.05, 3.63) is 85.9 Å². The summed E-state index contributed by atoms with van der Waals surface area (Å²) in [6.07, 6.45) is 0.137. The highest BCUT2D eigenvalue weighted by Crippen LogP contribution is 2.50. The molecule has 0 saturated heterocycles. The van der Waals surface area contributed by atoms with Crippen LogP contribution in [-0.2, 0) is 20.5 Å². The van der Waals surface area contributed by atoms with Crippen LogP contribution in [0.4, 0.5) is 5.69 Å². The van der Waals surface area contributed by atoms with Gasteiger partial charge in [0.2, 0.25) is 0 Å². The fourth-order valence-electron chi connectivity index (χ4n) is 8.37. The van der Waals surface area contributed by atoms with E-state index in [2.05, 4.69) is 11.5 Å². The number of carboxylic acids is 1. The molecule has 4 heterocycles. The molecule has 1 aliphatic heterocycles. The Morgan fingerprint density at radius 1 is 0.963 bits per heavy atom. The Hall–Kier alpha value is -4.84. The molecule has 0 fully saturated rings. The lowest BCUT2D eigenvalue weighted by molar-refractivity contribution is 0.0687. The van der Waals surface area contributed by atoms with Gasteiger partial charge >= 0.3 is 5.97 Å². The second-order valence-corrected chi connectivity index (χ2v) is 15.0. The lowest BCUT2D eigenvalue weighted by Crippen LogP contribution is -2.41. The predicted molar refractivity (Wildman–Crippen MR) is 213 cm³/mol. The highest BCUT2D eigenvalue weighted by atomic mass is 35.5. The summed E-state index contributed by atoms with van der Waals surface area (Å²) >= 11 is 13.5. The number of ether oxygens (including phenoxy) is 3. The lowest BCUT2D eigenvalue weighted by atomic mass is 9.98. The normalized spacial score (nSPS) is 15.7. The average Bonchev–Trinajstić information content (AvgIpc) is 3.74. The minimum atomic E-state index is -1.13. The van der Waals surface area contributed by atoms with Crippen molar-refractivity contribution in [2.24, 2.45) is 14.1 Å². The van der Waals surface area contributed by atoms with Gasteiger partial charge in [-0.3, -0.25) is 4.68 Å². The number of fused-ring (bicyclic) bond motifs is 4. The fraction of sp³-hybridized carbons (Fsp3) is 0.366. The van der Waals surface area contributed by atoms with Gasteiger partial charge in [0, 0.05) is 65.4 Å². The SMILES string of the molecule is COc1cc(N2C[C@@H](C)n3c(c(CCCOc4cc(C)c(Cl)c(C)c4)c4ccc(Cl)c(-c5c(C)nn(C)c5C)c43)C2O)c2c(cc(C(=O)O)n2C)c1OC.